The molecule has 1 aliphatic heterocycles. The molecule has 2 heterocycles. The smallest absolute Gasteiger partial charge is 0.350 e. The van der Waals surface area contributed by atoms with Gasteiger partial charge in [0, 0.05) is 10.0 Å². The lowest BCUT2D eigenvalue weighted by Gasteiger charge is -2.23. The van der Waals surface area contributed by atoms with Crippen LogP contribution in [0.25, 0.3) is 5.76 Å². The van der Waals surface area contributed by atoms with Gasteiger partial charge >= 0.3 is 11.9 Å². The largest absolute Gasteiger partial charge is 0.507 e. The third-order valence-electron chi connectivity index (χ3n) is 6.90. The number of aromatic nitrogens is 1. The fraction of sp³-hybridized carbons (Fsp3) is 0.152. The lowest BCUT2D eigenvalue weighted by Crippen LogP contribution is -2.29. The van der Waals surface area contributed by atoms with Gasteiger partial charge in [-0.15, -0.1) is 0 Å². The second-order valence-corrected chi connectivity index (χ2v) is 11.7. The van der Waals surface area contributed by atoms with Crippen molar-refractivity contribution in [2.75, 3.05) is 11.5 Å². The first-order chi connectivity index (χ1) is 20.7. The van der Waals surface area contributed by atoms with E-state index in [0.29, 0.717) is 29.2 Å². The molecule has 1 aromatic heterocycles. The molecule has 0 saturated carbocycles. The van der Waals surface area contributed by atoms with Gasteiger partial charge in [0.1, 0.15) is 29.6 Å². The summed E-state index contributed by atoms with van der Waals surface area (Å²) >= 11 is 4.40. The highest BCUT2D eigenvalue weighted by Gasteiger charge is 2.48. The van der Waals surface area contributed by atoms with Crippen LogP contribution in [0, 0.1) is 13.8 Å². The number of amides is 1. The van der Waals surface area contributed by atoms with E-state index in [9.17, 15) is 19.5 Å². The van der Waals surface area contributed by atoms with Crippen molar-refractivity contribution >= 4 is 55.8 Å². The zero-order valence-corrected chi connectivity index (χ0v) is 25.8. The molecular weight excluding hydrogens is 632 g/mol. The van der Waals surface area contributed by atoms with Gasteiger partial charge in [-0.3, -0.25) is 14.5 Å². The van der Waals surface area contributed by atoms with Crippen LogP contribution in [0.5, 0.6) is 5.75 Å². The van der Waals surface area contributed by atoms with Gasteiger partial charge in [0.05, 0.1) is 17.3 Å². The predicted octanol–water partition coefficient (Wildman–Crippen LogP) is 7.07. The van der Waals surface area contributed by atoms with Crippen LogP contribution in [-0.4, -0.2) is 34.4 Å². The van der Waals surface area contributed by atoms with E-state index in [-0.39, 0.29) is 27.9 Å². The molecule has 1 atom stereocenters. The number of carbonyl (C=O) groups is 3. The Morgan fingerprint density at radius 2 is 1.84 bits per heavy atom. The first-order valence-corrected chi connectivity index (χ1v) is 14.9. The maximum atomic E-state index is 13.5. The van der Waals surface area contributed by atoms with Crippen LogP contribution in [0.15, 0.2) is 95.5 Å². The number of Topliss-reactive ketones (excluding diaryl/α,β-unsaturated/α-hetero) is 1. The van der Waals surface area contributed by atoms with Crippen LogP contribution in [-0.2, 0) is 20.9 Å². The summed E-state index contributed by atoms with van der Waals surface area (Å²) in [6.45, 7) is 7.58. The van der Waals surface area contributed by atoms with Crippen molar-refractivity contribution in [3.8, 4) is 5.75 Å². The Kier molecular flexibility index (Phi) is 8.89. The van der Waals surface area contributed by atoms with E-state index < -0.39 is 23.7 Å². The van der Waals surface area contributed by atoms with Crippen molar-refractivity contribution in [3.63, 3.8) is 0 Å². The van der Waals surface area contributed by atoms with Gasteiger partial charge in [-0.25, -0.2) is 9.78 Å². The molecule has 1 unspecified atom stereocenters. The minimum Gasteiger partial charge on any atom is -0.507 e. The summed E-state index contributed by atoms with van der Waals surface area (Å²) in [7, 11) is 0. The van der Waals surface area contributed by atoms with Gasteiger partial charge in [0.25, 0.3) is 5.78 Å². The minimum absolute atomic E-state index is 0.0176. The predicted molar refractivity (Wildman–Crippen MR) is 168 cm³/mol. The van der Waals surface area contributed by atoms with E-state index in [0.717, 1.165) is 26.9 Å². The highest BCUT2D eigenvalue weighted by Crippen LogP contribution is 2.44. The van der Waals surface area contributed by atoms with Crippen LogP contribution in [0.3, 0.4) is 0 Å². The SMILES string of the molecule is C=CCOC(=O)c1sc(N2C(=O)C(=O)C(=C(O)c3ccc(OCc4ccccc4C)cc3)C2c2cccc(Br)c2)nc1C. The van der Waals surface area contributed by atoms with E-state index in [1.165, 1.54) is 11.0 Å². The summed E-state index contributed by atoms with van der Waals surface area (Å²) in [5, 5.41) is 11.6. The Morgan fingerprint density at radius 3 is 2.53 bits per heavy atom. The maximum absolute atomic E-state index is 13.5. The number of ether oxygens (including phenoxy) is 2. The molecule has 43 heavy (non-hydrogen) atoms. The van der Waals surface area contributed by atoms with Gasteiger partial charge in [0.2, 0.25) is 0 Å². The van der Waals surface area contributed by atoms with Crippen molar-refractivity contribution in [3.05, 3.63) is 128 Å². The van der Waals surface area contributed by atoms with Gasteiger partial charge in [-0.2, -0.15) is 0 Å². The molecule has 1 aliphatic rings. The van der Waals surface area contributed by atoms with Gasteiger partial charge in [-0.1, -0.05) is 76.3 Å². The van der Waals surface area contributed by atoms with E-state index in [1.54, 1.807) is 49.4 Å². The van der Waals surface area contributed by atoms with Crippen LogP contribution >= 0.6 is 27.3 Å². The molecule has 1 N–H and O–H groups in total. The Bertz CT molecular complexity index is 1760. The third-order valence-corrected chi connectivity index (χ3v) is 8.53. The van der Waals surface area contributed by atoms with Crippen molar-refractivity contribution in [1.82, 2.24) is 4.98 Å². The quantitative estimate of drug-likeness (QED) is 0.0674. The molecule has 1 amide bonds. The number of thiazole rings is 1. The number of hydrogen-bond acceptors (Lipinski definition) is 8. The van der Waals surface area contributed by atoms with Gasteiger partial charge < -0.3 is 14.6 Å². The number of aryl methyl sites for hydroxylation is 2. The van der Waals surface area contributed by atoms with Gasteiger partial charge in [-0.05, 0) is 66.9 Å². The molecule has 0 radical (unpaired) electrons. The number of halogens is 1. The summed E-state index contributed by atoms with van der Waals surface area (Å²) in [4.78, 5) is 45.5. The lowest BCUT2D eigenvalue weighted by atomic mass is 9.95. The lowest BCUT2D eigenvalue weighted by molar-refractivity contribution is -0.132. The Labute approximate surface area is 261 Å². The third kappa shape index (κ3) is 6.16. The Balaban J connectivity index is 1.52. The fourth-order valence-electron chi connectivity index (χ4n) is 4.69. The number of esters is 1. The molecule has 4 aromatic rings. The summed E-state index contributed by atoms with van der Waals surface area (Å²) in [6, 6.07) is 20.7. The molecule has 10 heteroatoms. The highest BCUT2D eigenvalue weighted by atomic mass is 79.9. The second kappa shape index (κ2) is 12.8. The Morgan fingerprint density at radius 1 is 1.09 bits per heavy atom. The summed E-state index contributed by atoms with van der Waals surface area (Å²) in [6.07, 6.45) is 1.45. The number of benzene rings is 3. The van der Waals surface area contributed by atoms with Crippen LogP contribution in [0.1, 0.15) is 43.7 Å². The zero-order valence-electron chi connectivity index (χ0n) is 23.4. The summed E-state index contributed by atoms with van der Waals surface area (Å²) in [5.74, 6) is -2.11. The van der Waals surface area contributed by atoms with E-state index >= 15 is 0 Å². The molecule has 1 fully saturated rings. The monoisotopic (exact) mass is 658 g/mol. The Hall–Kier alpha value is -4.54. The number of anilines is 1. The summed E-state index contributed by atoms with van der Waals surface area (Å²) in [5.41, 5.74) is 3.33. The first-order valence-electron chi connectivity index (χ1n) is 13.3. The average Bonchev–Trinajstić information content (AvgIpc) is 3.51. The van der Waals surface area contributed by atoms with Crippen molar-refractivity contribution in [2.45, 2.75) is 26.5 Å². The maximum Gasteiger partial charge on any atom is 0.350 e. The molecule has 0 bridgehead atoms. The van der Waals surface area contributed by atoms with Crippen LogP contribution in [0.2, 0.25) is 0 Å². The minimum atomic E-state index is -1.00. The number of rotatable bonds is 9. The number of hydrogen-bond donors (Lipinski definition) is 1. The van der Waals surface area contributed by atoms with E-state index in [4.69, 9.17) is 9.47 Å². The molecular formula is C33H27BrN2O6S. The second-order valence-electron chi connectivity index (χ2n) is 9.76. The first kappa shape index (κ1) is 29.9. The molecule has 0 aliphatic carbocycles. The summed E-state index contributed by atoms with van der Waals surface area (Å²) < 4.78 is 11.8. The molecule has 1 saturated heterocycles. The van der Waals surface area contributed by atoms with Crippen molar-refractivity contribution in [1.29, 1.82) is 0 Å². The highest BCUT2D eigenvalue weighted by molar-refractivity contribution is 9.10. The number of carbonyl (C=O) groups excluding carboxylic acids is 3. The van der Waals surface area contributed by atoms with E-state index in [1.807, 2.05) is 37.3 Å². The number of nitrogens with zero attached hydrogens (tertiary/aromatic N) is 2. The molecule has 3 aromatic carbocycles. The van der Waals surface area contributed by atoms with Gasteiger partial charge in [0.15, 0.2) is 5.13 Å². The molecule has 0 spiro atoms. The van der Waals surface area contributed by atoms with Crippen molar-refractivity contribution < 1.29 is 29.0 Å². The number of aliphatic hydroxyl groups excluding tert-OH is 1. The number of ketones is 1. The van der Waals surface area contributed by atoms with Crippen LogP contribution in [0.4, 0.5) is 5.13 Å². The molecule has 218 valence electrons. The average molecular weight is 660 g/mol. The topological polar surface area (TPSA) is 106 Å². The standard InChI is InChI=1S/C33H27BrN2O6S/c1-4-16-41-32(40)30-20(3)35-33(43-30)36-27(22-10-7-11-24(34)17-22)26(29(38)31(36)39)28(37)21-12-14-25(15-13-21)42-18-23-9-6-5-8-19(23)2/h4-15,17,27,37H,1,16,18H2,2-3H3. The normalized spacial score (nSPS) is 15.9. The molecule has 8 nitrogen and oxygen atoms in total. The van der Waals surface area contributed by atoms with Crippen LogP contribution < -0.4 is 9.64 Å². The number of aliphatic hydroxyl groups is 1. The zero-order chi connectivity index (χ0) is 30.7. The molecule has 5 rings (SSSR count). The van der Waals surface area contributed by atoms with E-state index in [2.05, 4.69) is 27.5 Å². The fourth-order valence-corrected chi connectivity index (χ4v) is 6.10. The van der Waals surface area contributed by atoms with Crippen molar-refractivity contribution in [2.24, 2.45) is 0 Å².